The Morgan fingerprint density at radius 1 is 0.400 bits per heavy atom. The first-order chi connectivity index (χ1) is 24.5. The van der Waals surface area contributed by atoms with Crippen molar-refractivity contribution in [3.05, 3.63) is 24.3 Å². The third-order valence-electron chi connectivity index (χ3n) is 9.21. The van der Waals surface area contributed by atoms with Crippen LogP contribution in [0.25, 0.3) is 0 Å². The standard InChI is InChI=1S/C44H80O6/c1-4-7-10-13-15-17-19-20-21-22-23-25-26-28-31-34-37-43(46)49-40-41(39-48-42(45)36-33-30-12-9-6-3)50-44(47)38-35-32-29-27-24-18-16-14-11-8-5-2/h17,19,21-22,41H,4-16,18,20,23-40H2,1-3H3/b19-17-,22-21-. The summed E-state index contributed by atoms with van der Waals surface area (Å²) in [6, 6.07) is 0. The monoisotopic (exact) mass is 705 g/mol. The van der Waals surface area contributed by atoms with E-state index in [0.29, 0.717) is 19.3 Å². The number of rotatable bonds is 38. The Kier molecular flexibility index (Phi) is 38.0. The number of hydrogen-bond acceptors (Lipinski definition) is 6. The Labute approximate surface area is 309 Å². The first-order valence-corrected chi connectivity index (χ1v) is 21.3. The van der Waals surface area contributed by atoms with Crippen molar-refractivity contribution in [3.63, 3.8) is 0 Å². The minimum atomic E-state index is -0.766. The molecule has 292 valence electrons. The van der Waals surface area contributed by atoms with Crippen molar-refractivity contribution in [3.8, 4) is 0 Å². The van der Waals surface area contributed by atoms with Crippen LogP contribution >= 0.6 is 0 Å². The van der Waals surface area contributed by atoms with Gasteiger partial charge in [-0.2, -0.15) is 0 Å². The number of unbranched alkanes of at least 4 members (excludes halogenated alkanes) is 23. The van der Waals surface area contributed by atoms with Gasteiger partial charge in [-0.1, -0.05) is 173 Å². The van der Waals surface area contributed by atoms with Gasteiger partial charge in [0.25, 0.3) is 0 Å². The average Bonchev–Trinajstić information content (AvgIpc) is 3.11. The maximum atomic E-state index is 12.6. The van der Waals surface area contributed by atoms with E-state index in [-0.39, 0.29) is 31.1 Å². The summed E-state index contributed by atoms with van der Waals surface area (Å²) in [4.78, 5) is 37.3. The van der Waals surface area contributed by atoms with Crippen molar-refractivity contribution in [2.75, 3.05) is 13.2 Å². The fourth-order valence-electron chi connectivity index (χ4n) is 5.94. The summed E-state index contributed by atoms with van der Waals surface area (Å²) in [7, 11) is 0. The van der Waals surface area contributed by atoms with Crippen LogP contribution in [0.4, 0.5) is 0 Å². The third-order valence-corrected chi connectivity index (χ3v) is 9.21. The molecule has 1 atom stereocenters. The predicted octanol–water partition coefficient (Wildman–Crippen LogP) is 13.2. The fourth-order valence-corrected chi connectivity index (χ4v) is 5.94. The van der Waals surface area contributed by atoms with Crippen LogP contribution < -0.4 is 0 Å². The number of carbonyl (C=O) groups excluding carboxylic acids is 3. The molecule has 0 saturated carbocycles. The normalized spacial score (nSPS) is 12.1. The number of hydrogen-bond donors (Lipinski definition) is 0. The van der Waals surface area contributed by atoms with E-state index in [1.54, 1.807) is 0 Å². The molecule has 0 N–H and O–H groups in total. The lowest BCUT2D eigenvalue weighted by Crippen LogP contribution is -2.30. The summed E-state index contributed by atoms with van der Waals surface area (Å²) in [5, 5.41) is 0. The molecule has 0 saturated heterocycles. The average molecular weight is 705 g/mol. The first kappa shape index (κ1) is 47.9. The molecule has 0 aliphatic heterocycles. The molecule has 0 aromatic heterocycles. The highest BCUT2D eigenvalue weighted by Gasteiger charge is 2.19. The van der Waals surface area contributed by atoms with Crippen molar-refractivity contribution in [2.45, 2.75) is 226 Å². The fraction of sp³-hybridized carbons (Fsp3) is 0.841. The second-order valence-electron chi connectivity index (χ2n) is 14.3. The largest absolute Gasteiger partial charge is 0.462 e. The van der Waals surface area contributed by atoms with Crippen LogP contribution in [0, 0.1) is 0 Å². The van der Waals surface area contributed by atoms with Gasteiger partial charge in [-0.05, 0) is 51.4 Å². The SMILES string of the molecule is CCCCCC/C=C\C/C=C\CCCCCCCC(=O)OCC(COC(=O)CCCCCCC)OC(=O)CCCCCCCCCCCCC. The molecule has 0 aliphatic carbocycles. The Morgan fingerprint density at radius 3 is 1.12 bits per heavy atom. The Morgan fingerprint density at radius 2 is 0.720 bits per heavy atom. The van der Waals surface area contributed by atoms with Gasteiger partial charge in [0.2, 0.25) is 0 Å². The number of allylic oxidation sites excluding steroid dienone is 4. The number of carbonyl (C=O) groups is 3. The maximum Gasteiger partial charge on any atom is 0.306 e. The van der Waals surface area contributed by atoms with Crippen molar-refractivity contribution in [2.24, 2.45) is 0 Å². The van der Waals surface area contributed by atoms with Gasteiger partial charge in [-0.3, -0.25) is 14.4 Å². The van der Waals surface area contributed by atoms with Gasteiger partial charge in [0.05, 0.1) is 0 Å². The quantitative estimate of drug-likeness (QED) is 0.0275. The molecule has 0 radical (unpaired) electrons. The highest BCUT2D eigenvalue weighted by Crippen LogP contribution is 2.14. The zero-order valence-corrected chi connectivity index (χ0v) is 33.2. The topological polar surface area (TPSA) is 78.9 Å². The van der Waals surface area contributed by atoms with Crippen LogP contribution in [0.2, 0.25) is 0 Å². The number of ether oxygens (including phenoxy) is 3. The molecule has 50 heavy (non-hydrogen) atoms. The maximum absolute atomic E-state index is 12.6. The van der Waals surface area contributed by atoms with Crippen LogP contribution in [0.15, 0.2) is 24.3 Å². The molecule has 0 aromatic rings. The van der Waals surface area contributed by atoms with Gasteiger partial charge in [0, 0.05) is 19.3 Å². The summed E-state index contributed by atoms with van der Waals surface area (Å²) in [6.45, 7) is 6.51. The molecule has 0 amide bonds. The lowest BCUT2D eigenvalue weighted by Gasteiger charge is -2.18. The highest BCUT2D eigenvalue weighted by molar-refractivity contribution is 5.71. The van der Waals surface area contributed by atoms with E-state index < -0.39 is 6.10 Å². The third kappa shape index (κ3) is 37.2. The highest BCUT2D eigenvalue weighted by atomic mass is 16.6. The van der Waals surface area contributed by atoms with Gasteiger partial charge in [0.15, 0.2) is 6.10 Å². The smallest absolute Gasteiger partial charge is 0.306 e. The second kappa shape index (κ2) is 39.7. The predicted molar refractivity (Wildman–Crippen MR) is 210 cm³/mol. The minimum Gasteiger partial charge on any atom is -0.462 e. The molecule has 0 aliphatic rings. The Balaban J connectivity index is 4.24. The molecular formula is C44H80O6. The van der Waals surface area contributed by atoms with Gasteiger partial charge in [0.1, 0.15) is 13.2 Å². The van der Waals surface area contributed by atoms with E-state index in [9.17, 15) is 14.4 Å². The van der Waals surface area contributed by atoms with Crippen molar-refractivity contribution < 1.29 is 28.6 Å². The molecular weight excluding hydrogens is 624 g/mol. The van der Waals surface area contributed by atoms with E-state index in [1.807, 2.05) is 0 Å². The van der Waals surface area contributed by atoms with Crippen LogP contribution in [-0.2, 0) is 28.6 Å². The van der Waals surface area contributed by atoms with Crippen molar-refractivity contribution >= 4 is 17.9 Å². The zero-order chi connectivity index (χ0) is 36.6. The van der Waals surface area contributed by atoms with E-state index >= 15 is 0 Å². The van der Waals surface area contributed by atoms with Gasteiger partial charge >= 0.3 is 17.9 Å². The Hall–Kier alpha value is -2.11. The molecule has 0 fully saturated rings. The van der Waals surface area contributed by atoms with Crippen molar-refractivity contribution in [1.82, 2.24) is 0 Å². The van der Waals surface area contributed by atoms with E-state index in [2.05, 4.69) is 45.1 Å². The molecule has 0 heterocycles. The molecule has 0 bridgehead atoms. The van der Waals surface area contributed by atoms with E-state index in [0.717, 1.165) is 83.5 Å². The zero-order valence-electron chi connectivity index (χ0n) is 33.2. The summed E-state index contributed by atoms with van der Waals surface area (Å²) in [6.07, 6.45) is 41.8. The lowest BCUT2D eigenvalue weighted by atomic mass is 10.1. The van der Waals surface area contributed by atoms with Crippen LogP contribution in [0.1, 0.15) is 220 Å². The molecule has 6 heteroatoms. The number of esters is 3. The summed E-state index contributed by atoms with van der Waals surface area (Å²) < 4.78 is 16.5. The molecule has 1 unspecified atom stereocenters. The van der Waals surface area contributed by atoms with Gasteiger partial charge in [-0.25, -0.2) is 0 Å². The van der Waals surface area contributed by atoms with Crippen molar-refractivity contribution in [1.29, 1.82) is 0 Å². The first-order valence-electron chi connectivity index (χ1n) is 21.3. The second-order valence-corrected chi connectivity index (χ2v) is 14.3. The molecule has 6 nitrogen and oxygen atoms in total. The van der Waals surface area contributed by atoms with Crippen LogP contribution in [0.5, 0.6) is 0 Å². The minimum absolute atomic E-state index is 0.0746. The van der Waals surface area contributed by atoms with Gasteiger partial charge in [-0.15, -0.1) is 0 Å². The van der Waals surface area contributed by atoms with Crippen LogP contribution in [0.3, 0.4) is 0 Å². The molecule has 0 aromatic carbocycles. The van der Waals surface area contributed by atoms with Crippen LogP contribution in [-0.4, -0.2) is 37.2 Å². The molecule has 0 rings (SSSR count). The summed E-state index contributed by atoms with van der Waals surface area (Å²) >= 11 is 0. The molecule has 0 spiro atoms. The summed E-state index contributed by atoms with van der Waals surface area (Å²) in [5.74, 6) is -0.901. The van der Waals surface area contributed by atoms with E-state index in [4.69, 9.17) is 14.2 Å². The van der Waals surface area contributed by atoms with Gasteiger partial charge < -0.3 is 14.2 Å². The lowest BCUT2D eigenvalue weighted by molar-refractivity contribution is -0.167. The van der Waals surface area contributed by atoms with E-state index in [1.165, 1.54) is 96.3 Å². The summed E-state index contributed by atoms with van der Waals surface area (Å²) in [5.41, 5.74) is 0. The Bertz CT molecular complexity index is 819.